The summed E-state index contributed by atoms with van der Waals surface area (Å²) in [5.74, 6) is 0.172. The number of ether oxygens (including phenoxy) is 1. The van der Waals surface area contributed by atoms with Crippen molar-refractivity contribution in [3.63, 3.8) is 0 Å². The monoisotopic (exact) mass is 378 g/mol. The Hall–Kier alpha value is -1.99. The van der Waals surface area contributed by atoms with Crippen LogP contribution in [0.15, 0.2) is 48.5 Å². The first-order valence-electron chi connectivity index (χ1n) is 8.72. The van der Waals surface area contributed by atoms with Gasteiger partial charge in [-0.3, -0.25) is 0 Å². The van der Waals surface area contributed by atoms with Crippen molar-refractivity contribution in [2.24, 2.45) is 0 Å². The fraction of sp³-hybridized carbons (Fsp3) is 0.400. The molecular weight excluding hydrogens is 356 g/mol. The number of benzene rings is 2. The molecule has 7 heteroatoms. The molecule has 1 aliphatic rings. The van der Waals surface area contributed by atoms with Gasteiger partial charge >= 0.3 is 13.3 Å². The highest BCUT2D eigenvalue weighted by atomic mass is 19.4. The van der Waals surface area contributed by atoms with Gasteiger partial charge in [-0.05, 0) is 56.9 Å². The van der Waals surface area contributed by atoms with Crippen molar-refractivity contribution in [1.82, 2.24) is 0 Å². The lowest BCUT2D eigenvalue weighted by Crippen LogP contribution is -2.41. The normalized spacial score (nSPS) is 18.6. The second kappa shape index (κ2) is 6.87. The molecule has 1 saturated heterocycles. The van der Waals surface area contributed by atoms with Gasteiger partial charge in [0.05, 0.1) is 16.8 Å². The minimum atomic E-state index is -4.39. The van der Waals surface area contributed by atoms with Gasteiger partial charge in [-0.2, -0.15) is 13.2 Å². The van der Waals surface area contributed by atoms with E-state index in [-0.39, 0.29) is 12.4 Å². The van der Waals surface area contributed by atoms with Gasteiger partial charge in [0.25, 0.3) is 0 Å². The maximum absolute atomic E-state index is 12.8. The second-order valence-corrected chi connectivity index (χ2v) is 7.65. The topological polar surface area (TPSA) is 27.7 Å². The molecule has 0 radical (unpaired) electrons. The standard InChI is InChI=1S/C20H22BF3O3/c1-18(2)19(3,4)27-21(26-18)16-9-5-7-14(11-16)13-25-17-10-6-8-15(12-17)20(22,23)24/h5-12H,13H2,1-4H3. The summed E-state index contributed by atoms with van der Waals surface area (Å²) in [6.45, 7) is 8.07. The number of hydrogen-bond donors (Lipinski definition) is 0. The summed E-state index contributed by atoms with van der Waals surface area (Å²) in [7, 11) is -0.497. The van der Waals surface area contributed by atoms with Crippen LogP contribution in [0.2, 0.25) is 0 Å². The Morgan fingerprint density at radius 2 is 1.56 bits per heavy atom. The van der Waals surface area contributed by atoms with Crippen LogP contribution in [0.25, 0.3) is 0 Å². The van der Waals surface area contributed by atoms with E-state index in [9.17, 15) is 13.2 Å². The first-order chi connectivity index (χ1) is 12.5. The molecule has 0 aliphatic carbocycles. The van der Waals surface area contributed by atoms with Crippen LogP contribution in [0.4, 0.5) is 13.2 Å². The average molecular weight is 378 g/mol. The van der Waals surface area contributed by atoms with Crippen LogP contribution in [-0.2, 0) is 22.1 Å². The fourth-order valence-corrected chi connectivity index (χ4v) is 2.74. The highest BCUT2D eigenvalue weighted by molar-refractivity contribution is 6.62. The fourth-order valence-electron chi connectivity index (χ4n) is 2.74. The lowest BCUT2D eigenvalue weighted by atomic mass is 9.78. The van der Waals surface area contributed by atoms with Crippen molar-refractivity contribution in [2.45, 2.75) is 51.7 Å². The molecule has 3 nitrogen and oxygen atoms in total. The molecule has 0 aromatic heterocycles. The maximum atomic E-state index is 12.8. The molecule has 3 rings (SSSR count). The molecule has 0 saturated carbocycles. The van der Waals surface area contributed by atoms with Gasteiger partial charge < -0.3 is 14.0 Å². The van der Waals surface area contributed by atoms with Gasteiger partial charge in [-0.1, -0.05) is 30.3 Å². The van der Waals surface area contributed by atoms with Crippen molar-refractivity contribution in [1.29, 1.82) is 0 Å². The van der Waals surface area contributed by atoms with Crippen LogP contribution >= 0.6 is 0 Å². The molecule has 1 fully saturated rings. The van der Waals surface area contributed by atoms with E-state index in [2.05, 4.69) is 0 Å². The first kappa shape index (κ1) is 19.8. The molecule has 0 spiro atoms. The Labute approximate surface area is 157 Å². The number of hydrogen-bond acceptors (Lipinski definition) is 3. The number of halogens is 3. The maximum Gasteiger partial charge on any atom is 0.494 e. The van der Waals surface area contributed by atoms with Gasteiger partial charge in [0, 0.05) is 0 Å². The Bertz CT molecular complexity index is 802. The van der Waals surface area contributed by atoms with Crippen molar-refractivity contribution in [2.75, 3.05) is 0 Å². The SMILES string of the molecule is CC1(C)OB(c2cccc(COc3cccc(C(F)(F)F)c3)c2)OC1(C)C. The van der Waals surface area contributed by atoms with Crippen LogP contribution in [0.1, 0.15) is 38.8 Å². The Balaban J connectivity index is 1.71. The third kappa shape index (κ3) is 4.30. The van der Waals surface area contributed by atoms with E-state index in [1.165, 1.54) is 12.1 Å². The van der Waals surface area contributed by atoms with E-state index in [0.29, 0.717) is 0 Å². The summed E-state index contributed by atoms with van der Waals surface area (Å²) in [5.41, 5.74) is 0.0501. The third-order valence-electron chi connectivity index (χ3n) is 5.04. The van der Waals surface area contributed by atoms with Crippen LogP contribution in [-0.4, -0.2) is 18.3 Å². The quantitative estimate of drug-likeness (QED) is 0.729. The zero-order valence-electron chi connectivity index (χ0n) is 15.8. The van der Waals surface area contributed by atoms with Crippen molar-refractivity contribution < 1.29 is 27.2 Å². The molecule has 0 unspecified atom stereocenters. The summed E-state index contributed by atoms with van der Waals surface area (Å²) in [6, 6.07) is 12.3. The molecule has 0 N–H and O–H groups in total. The van der Waals surface area contributed by atoms with E-state index < -0.39 is 30.1 Å². The Kier molecular flexibility index (Phi) is 5.03. The smallest absolute Gasteiger partial charge is 0.489 e. The van der Waals surface area contributed by atoms with Crippen molar-refractivity contribution >= 4 is 12.6 Å². The highest BCUT2D eigenvalue weighted by Gasteiger charge is 2.51. The van der Waals surface area contributed by atoms with E-state index in [1.54, 1.807) is 0 Å². The minimum Gasteiger partial charge on any atom is -0.489 e. The van der Waals surface area contributed by atoms with Crippen LogP contribution < -0.4 is 10.2 Å². The summed E-state index contributed by atoms with van der Waals surface area (Å²) in [6.07, 6.45) is -4.39. The first-order valence-corrected chi connectivity index (χ1v) is 8.72. The van der Waals surface area contributed by atoms with E-state index in [0.717, 1.165) is 23.2 Å². The van der Waals surface area contributed by atoms with Crippen molar-refractivity contribution in [3.8, 4) is 5.75 Å². The lowest BCUT2D eigenvalue weighted by molar-refractivity contribution is -0.137. The van der Waals surface area contributed by atoms with Gasteiger partial charge in [0.15, 0.2) is 0 Å². The van der Waals surface area contributed by atoms with E-state index >= 15 is 0 Å². The Morgan fingerprint density at radius 3 is 2.19 bits per heavy atom. The second-order valence-electron chi connectivity index (χ2n) is 7.65. The average Bonchev–Trinajstić information content (AvgIpc) is 2.81. The molecule has 27 heavy (non-hydrogen) atoms. The van der Waals surface area contributed by atoms with Crippen LogP contribution in [0.3, 0.4) is 0 Å². The van der Waals surface area contributed by atoms with Gasteiger partial charge in [0.1, 0.15) is 12.4 Å². The molecule has 0 amide bonds. The summed E-state index contributed by atoms with van der Waals surface area (Å²) >= 11 is 0. The van der Waals surface area contributed by atoms with E-state index in [1.807, 2.05) is 52.0 Å². The van der Waals surface area contributed by atoms with Crippen molar-refractivity contribution in [3.05, 3.63) is 59.7 Å². The van der Waals surface area contributed by atoms with Crippen LogP contribution in [0, 0.1) is 0 Å². The zero-order valence-corrected chi connectivity index (χ0v) is 15.8. The minimum absolute atomic E-state index is 0.147. The number of alkyl halides is 3. The lowest BCUT2D eigenvalue weighted by Gasteiger charge is -2.32. The summed E-state index contributed by atoms with van der Waals surface area (Å²) in [5, 5.41) is 0. The molecular formula is C20H22BF3O3. The van der Waals surface area contributed by atoms with E-state index in [4.69, 9.17) is 14.0 Å². The van der Waals surface area contributed by atoms with Gasteiger partial charge in [-0.25, -0.2) is 0 Å². The summed E-state index contributed by atoms with van der Waals surface area (Å²) < 4.78 is 56.0. The Morgan fingerprint density at radius 1 is 0.926 bits per heavy atom. The third-order valence-corrected chi connectivity index (χ3v) is 5.04. The predicted molar refractivity (Wildman–Crippen MR) is 97.9 cm³/mol. The molecule has 2 aromatic carbocycles. The molecule has 144 valence electrons. The molecule has 0 bridgehead atoms. The van der Waals surface area contributed by atoms with Gasteiger partial charge in [-0.15, -0.1) is 0 Å². The van der Waals surface area contributed by atoms with Gasteiger partial charge in [0.2, 0.25) is 0 Å². The molecule has 1 heterocycles. The summed E-state index contributed by atoms with van der Waals surface area (Å²) in [4.78, 5) is 0. The molecule has 2 aromatic rings. The highest BCUT2D eigenvalue weighted by Crippen LogP contribution is 2.36. The largest absolute Gasteiger partial charge is 0.494 e. The van der Waals surface area contributed by atoms with Crippen LogP contribution in [0.5, 0.6) is 5.75 Å². The zero-order chi connectivity index (χ0) is 19.9. The molecule has 0 atom stereocenters. The number of rotatable bonds is 4. The molecule has 1 aliphatic heterocycles. The predicted octanol–water partition coefficient (Wildman–Crippen LogP) is 4.58.